The van der Waals surface area contributed by atoms with Crippen molar-refractivity contribution in [1.29, 1.82) is 0 Å². The van der Waals surface area contributed by atoms with Gasteiger partial charge in [-0.15, -0.1) is 11.3 Å². The van der Waals surface area contributed by atoms with E-state index in [9.17, 15) is 0 Å². The minimum atomic E-state index is 0.685. The maximum Gasteiger partial charge on any atom is 0.104 e. The smallest absolute Gasteiger partial charge is 0.104 e. The zero-order valence-corrected chi connectivity index (χ0v) is 12.0. The van der Waals surface area contributed by atoms with Crippen molar-refractivity contribution in [1.82, 2.24) is 15.1 Å². The summed E-state index contributed by atoms with van der Waals surface area (Å²) in [5.41, 5.74) is 2.95. The van der Waals surface area contributed by atoms with Crippen molar-refractivity contribution in [2.75, 3.05) is 6.54 Å². The van der Waals surface area contributed by atoms with Crippen LogP contribution in [0.4, 0.5) is 0 Å². The molecule has 0 aliphatic carbocycles. The van der Waals surface area contributed by atoms with E-state index in [0.29, 0.717) is 8.67 Å². The van der Waals surface area contributed by atoms with Gasteiger partial charge in [0.25, 0.3) is 0 Å². The van der Waals surface area contributed by atoms with Crippen LogP contribution in [0.25, 0.3) is 11.3 Å². The Kier molecular flexibility index (Phi) is 4.09. The molecule has 0 saturated carbocycles. The topological polar surface area (TPSA) is 29.9 Å². The van der Waals surface area contributed by atoms with Crippen molar-refractivity contribution < 1.29 is 0 Å². The van der Waals surface area contributed by atoms with Crippen LogP contribution in [0.2, 0.25) is 8.67 Å². The zero-order chi connectivity index (χ0) is 12.4. The van der Waals surface area contributed by atoms with Gasteiger partial charge in [-0.05, 0) is 12.6 Å². The highest BCUT2D eigenvalue weighted by molar-refractivity contribution is 7.20. The minimum Gasteiger partial charge on any atom is -0.313 e. The van der Waals surface area contributed by atoms with E-state index in [0.717, 1.165) is 29.9 Å². The summed E-state index contributed by atoms with van der Waals surface area (Å²) in [7, 11) is 1.90. The quantitative estimate of drug-likeness (QED) is 0.933. The van der Waals surface area contributed by atoms with E-state index in [4.69, 9.17) is 23.2 Å². The molecule has 0 amide bonds. The Morgan fingerprint density at radius 1 is 1.47 bits per heavy atom. The van der Waals surface area contributed by atoms with Crippen LogP contribution in [0.3, 0.4) is 0 Å². The summed E-state index contributed by atoms with van der Waals surface area (Å²) >= 11 is 13.5. The Balaban J connectivity index is 2.40. The van der Waals surface area contributed by atoms with Gasteiger partial charge in [0, 0.05) is 30.9 Å². The summed E-state index contributed by atoms with van der Waals surface area (Å²) in [5, 5.41) is 7.74. The number of rotatable bonds is 4. The molecule has 0 saturated heterocycles. The van der Waals surface area contributed by atoms with E-state index >= 15 is 0 Å². The molecular formula is C11H13Cl2N3S. The Morgan fingerprint density at radius 2 is 2.24 bits per heavy atom. The average Bonchev–Trinajstić information content (AvgIpc) is 2.78. The first-order chi connectivity index (χ1) is 8.11. The van der Waals surface area contributed by atoms with Gasteiger partial charge < -0.3 is 5.32 Å². The van der Waals surface area contributed by atoms with E-state index in [2.05, 4.69) is 17.3 Å². The molecule has 92 valence electrons. The number of nitrogens with one attached hydrogen (secondary N) is 1. The lowest BCUT2D eigenvalue weighted by Crippen LogP contribution is -2.11. The molecule has 0 spiro atoms. The van der Waals surface area contributed by atoms with E-state index in [1.165, 1.54) is 11.3 Å². The monoisotopic (exact) mass is 289 g/mol. The van der Waals surface area contributed by atoms with Gasteiger partial charge in [0.05, 0.1) is 10.0 Å². The van der Waals surface area contributed by atoms with Crippen LogP contribution in [0.5, 0.6) is 0 Å². The summed E-state index contributed by atoms with van der Waals surface area (Å²) in [6.07, 6.45) is 2.00. The molecule has 0 unspecified atom stereocenters. The number of nitrogens with zero attached hydrogens (tertiary/aromatic N) is 2. The molecule has 2 heterocycles. The van der Waals surface area contributed by atoms with Gasteiger partial charge in [0.15, 0.2) is 0 Å². The SMILES string of the molecule is CCNCc1cn(C)nc1-c1cc(Cl)sc1Cl. The maximum atomic E-state index is 6.16. The van der Waals surface area contributed by atoms with Crippen LogP contribution in [0.1, 0.15) is 12.5 Å². The molecule has 1 N–H and O–H groups in total. The highest BCUT2D eigenvalue weighted by Crippen LogP contribution is 2.38. The van der Waals surface area contributed by atoms with E-state index in [-0.39, 0.29) is 0 Å². The molecule has 0 bridgehead atoms. The molecule has 3 nitrogen and oxygen atoms in total. The molecule has 0 aliphatic rings. The van der Waals surface area contributed by atoms with Crippen LogP contribution in [0, 0.1) is 0 Å². The van der Waals surface area contributed by atoms with Crippen LogP contribution in [-0.2, 0) is 13.6 Å². The van der Waals surface area contributed by atoms with Gasteiger partial charge in [-0.3, -0.25) is 4.68 Å². The molecule has 2 aromatic rings. The van der Waals surface area contributed by atoms with Gasteiger partial charge in [-0.1, -0.05) is 30.1 Å². The fourth-order valence-corrected chi connectivity index (χ4v) is 3.12. The summed E-state index contributed by atoms with van der Waals surface area (Å²) < 4.78 is 3.17. The maximum absolute atomic E-state index is 6.16. The number of hydrogen-bond acceptors (Lipinski definition) is 3. The van der Waals surface area contributed by atoms with Crippen molar-refractivity contribution in [3.05, 3.63) is 26.5 Å². The molecule has 17 heavy (non-hydrogen) atoms. The molecule has 0 aliphatic heterocycles. The Bertz CT molecular complexity index is 519. The fourth-order valence-electron chi connectivity index (χ4n) is 1.66. The van der Waals surface area contributed by atoms with Crippen molar-refractivity contribution in [3.63, 3.8) is 0 Å². The Hall–Kier alpha value is -0.550. The lowest BCUT2D eigenvalue weighted by molar-refractivity contribution is 0.724. The van der Waals surface area contributed by atoms with E-state index < -0.39 is 0 Å². The number of aromatic nitrogens is 2. The third-order valence-corrected chi connectivity index (χ3v) is 3.87. The predicted octanol–water partition coefficient (Wildman–Crippen LogP) is 3.56. The second-order valence-corrected chi connectivity index (χ2v) is 5.98. The lowest BCUT2D eigenvalue weighted by atomic mass is 10.1. The summed E-state index contributed by atoms with van der Waals surface area (Å²) in [4.78, 5) is 0. The van der Waals surface area contributed by atoms with Crippen LogP contribution in [0.15, 0.2) is 12.3 Å². The highest BCUT2D eigenvalue weighted by atomic mass is 35.5. The molecule has 0 aromatic carbocycles. The standard InChI is InChI=1S/C11H13Cl2N3S/c1-3-14-5-7-6-16(2)15-10(7)8-4-9(12)17-11(8)13/h4,6,14H,3,5H2,1-2H3. The average molecular weight is 290 g/mol. The first kappa shape index (κ1) is 12.9. The molecule has 0 fully saturated rings. The zero-order valence-electron chi connectivity index (χ0n) is 9.63. The van der Waals surface area contributed by atoms with Gasteiger partial charge in [0.1, 0.15) is 4.34 Å². The first-order valence-electron chi connectivity index (χ1n) is 5.30. The highest BCUT2D eigenvalue weighted by Gasteiger charge is 2.15. The molecule has 6 heteroatoms. The number of thiophene rings is 1. The van der Waals surface area contributed by atoms with Gasteiger partial charge >= 0.3 is 0 Å². The van der Waals surface area contributed by atoms with Gasteiger partial charge in [0.2, 0.25) is 0 Å². The molecule has 2 rings (SSSR count). The van der Waals surface area contributed by atoms with Crippen molar-refractivity contribution >= 4 is 34.5 Å². The number of hydrogen-bond donors (Lipinski definition) is 1. The van der Waals surface area contributed by atoms with E-state index in [1.54, 1.807) is 4.68 Å². The number of halogens is 2. The summed E-state index contributed by atoms with van der Waals surface area (Å²) in [5.74, 6) is 0. The van der Waals surface area contributed by atoms with Gasteiger partial charge in [-0.2, -0.15) is 5.10 Å². The van der Waals surface area contributed by atoms with Gasteiger partial charge in [-0.25, -0.2) is 0 Å². The Labute approximate surface area is 114 Å². The third-order valence-electron chi connectivity index (χ3n) is 2.38. The van der Waals surface area contributed by atoms with Crippen LogP contribution >= 0.6 is 34.5 Å². The van der Waals surface area contributed by atoms with Crippen molar-refractivity contribution in [3.8, 4) is 11.3 Å². The van der Waals surface area contributed by atoms with Crippen LogP contribution in [-0.4, -0.2) is 16.3 Å². The van der Waals surface area contributed by atoms with Crippen LogP contribution < -0.4 is 5.32 Å². The largest absolute Gasteiger partial charge is 0.313 e. The lowest BCUT2D eigenvalue weighted by Gasteiger charge is -2.01. The van der Waals surface area contributed by atoms with Crippen molar-refractivity contribution in [2.24, 2.45) is 7.05 Å². The third kappa shape index (κ3) is 2.83. The summed E-state index contributed by atoms with van der Waals surface area (Å²) in [6, 6.07) is 1.87. The fraction of sp³-hybridized carbons (Fsp3) is 0.364. The molecule has 0 radical (unpaired) electrons. The second kappa shape index (κ2) is 5.40. The van der Waals surface area contributed by atoms with Crippen molar-refractivity contribution in [2.45, 2.75) is 13.5 Å². The first-order valence-corrected chi connectivity index (χ1v) is 6.87. The number of aryl methyl sites for hydroxylation is 1. The molecule has 2 aromatic heterocycles. The second-order valence-electron chi connectivity index (χ2n) is 3.69. The minimum absolute atomic E-state index is 0.685. The molecule has 0 atom stereocenters. The van der Waals surface area contributed by atoms with E-state index in [1.807, 2.05) is 19.3 Å². The molecular weight excluding hydrogens is 277 g/mol. The summed E-state index contributed by atoms with van der Waals surface area (Å²) in [6.45, 7) is 3.78. The normalized spacial score (nSPS) is 11.1. The Morgan fingerprint density at radius 3 is 2.82 bits per heavy atom. The predicted molar refractivity (Wildman–Crippen MR) is 73.9 cm³/mol.